The molecule has 132 valence electrons. The van der Waals surface area contributed by atoms with Crippen molar-refractivity contribution in [3.05, 3.63) is 34.4 Å². The van der Waals surface area contributed by atoms with E-state index in [0.29, 0.717) is 12.3 Å². The molecule has 3 aliphatic carbocycles. The summed E-state index contributed by atoms with van der Waals surface area (Å²) in [6.45, 7) is 5.96. The standard InChI is InChI=1S/C20H28O4/c1-11-8-14(22)9-12(10-21)4-5-13-6-7-15-17(20(13,2)3)19(24)16(11)18(15)23/h4,8,13-14,16,18,21-23H,5-7,9-10H2,1-3H3/b11-8+,12-4-/t13-,14-,16+,18+/m1/s1. The lowest BCUT2D eigenvalue weighted by Crippen LogP contribution is -2.33. The Labute approximate surface area is 143 Å². The number of hydrogen-bond donors (Lipinski definition) is 3. The van der Waals surface area contributed by atoms with Crippen molar-refractivity contribution in [1.29, 1.82) is 0 Å². The van der Waals surface area contributed by atoms with E-state index in [1.807, 2.05) is 13.0 Å². The van der Waals surface area contributed by atoms with E-state index >= 15 is 0 Å². The van der Waals surface area contributed by atoms with Gasteiger partial charge in [0.1, 0.15) is 0 Å². The molecule has 4 heteroatoms. The third-order valence-corrected chi connectivity index (χ3v) is 6.26. The van der Waals surface area contributed by atoms with Gasteiger partial charge in [-0.05, 0) is 48.7 Å². The highest BCUT2D eigenvalue weighted by atomic mass is 16.3. The summed E-state index contributed by atoms with van der Waals surface area (Å²) in [6, 6.07) is 0. The Hall–Kier alpha value is -1.23. The van der Waals surface area contributed by atoms with Gasteiger partial charge in [0.2, 0.25) is 0 Å². The molecule has 0 unspecified atom stereocenters. The molecule has 0 aliphatic heterocycles. The van der Waals surface area contributed by atoms with Crippen molar-refractivity contribution in [1.82, 2.24) is 0 Å². The number of hydrogen-bond acceptors (Lipinski definition) is 4. The van der Waals surface area contributed by atoms with E-state index in [1.165, 1.54) is 0 Å². The van der Waals surface area contributed by atoms with Crippen LogP contribution in [0.4, 0.5) is 0 Å². The second-order valence-electron chi connectivity index (χ2n) is 8.08. The highest BCUT2D eigenvalue weighted by Crippen LogP contribution is 2.53. The molecule has 3 rings (SSSR count). The number of Topliss-reactive ketones (excluding diaryl/α,β-unsaturated/α-hetero) is 1. The Kier molecular flexibility index (Phi) is 4.58. The molecule has 24 heavy (non-hydrogen) atoms. The number of fused-ring (bicyclic) bond motifs is 2. The van der Waals surface area contributed by atoms with Gasteiger partial charge in [-0.3, -0.25) is 4.79 Å². The van der Waals surface area contributed by atoms with E-state index in [9.17, 15) is 20.1 Å². The van der Waals surface area contributed by atoms with Gasteiger partial charge in [-0.2, -0.15) is 0 Å². The number of allylic oxidation sites excluding steroid dienone is 2. The van der Waals surface area contributed by atoms with Crippen LogP contribution in [0.3, 0.4) is 0 Å². The molecule has 0 spiro atoms. The molecule has 0 saturated heterocycles. The maximum absolute atomic E-state index is 13.1. The zero-order chi connectivity index (χ0) is 17.6. The monoisotopic (exact) mass is 332 g/mol. The molecule has 0 saturated carbocycles. The maximum atomic E-state index is 13.1. The lowest BCUT2D eigenvalue weighted by Gasteiger charge is -2.40. The predicted octanol–water partition coefficient (Wildman–Crippen LogP) is 2.30. The van der Waals surface area contributed by atoms with E-state index in [1.54, 1.807) is 6.08 Å². The lowest BCUT2D eigenvalue weighted by molar-refractivity contribution is -0.120. The molecule has 0 radical (unpaired) electrons. The van der Waals surface area contributed by atoms with Crippen LogP contribution < -0.4 is 0 Å². The molecule has 0 heterocycles. The quantitative estimate of drug-likeness (QED) is 0.644. The van der Waals surface area contributed by atoms with Crippen molar-refractivity contribution >= 4 is 5.78 Å². The van der Waals surface area contributed by atoms with Gasteiger partial charge >= 0.3 is 0 Å². The minimum Gasteiger partial charge on any atom is -0.392 e. The van der Waals surface area contributed by atoms with Crippen LogP contribution in [0.1, 0.15) is 46.5 Å². The Morgan fingerprint density at radius 3 is 2.67 bits per heavy atom. The molecule has 0 aromatic carbocycles. The number of ketones is 1. The first-order valence-corrected chi connectivity index (χ1v) is 8.88. The molecule has 0 fully saturated rings. The Balaban J connectivity index is 2.11. The Morgan fingerprint density at radius 2 is 2.00 bits per heavy atom. The summed E-state index contributed by atoms with van der Waals surface area (Å²) in [7, 11) is 0. The second kappa shape index (κ2) is 6.25. The van der Waals surface area contributed by atoms with Crippen LogP contribution in [0.15, 0.2) is 34.4 Å². The molecule has 4 nitrogen and oxygen atoms in total. The zero-order valence-electron chi connectivity index (χ0n) is 14.7. The van der Waals surface area contributed by atoms with E-state index in [4.69, 9.17) is 0 Å². The third-order valence-electron chi connectivity index (χ3n) is 6.26. The fourth-order valence-electron chi connectivity index (χ4n) is 4.83. The summed E-state index contributed by atoms with van der Waals surface area (Å²) in [6.07, 6.45) is 5.02. The first-order chi connectivity index (χ1) is 11.3. The van der Waals surface area contributed by atoms with Gasteiger partial charge in [-0.1, -0.05) is 31.6 Å². The summed E-state index contributed by atoms with van der Waals surface area (Å²) >= 11 is 0. The summed E-state index contributed by atoms with van der Waals surface area (Å²) in [4.78, 5) is 13.1. The van der Waals surface area contributed by atoms with Crippen molar-refractivity contribution in [2.45, 2.75) is 58.7 Å². The van der Waals surface area contributed by atoms with Gasteiger partial charge in [0.05, 0.1) is 24.7 Å². The first kappa shape index (κ1) is 17.6. The fraction of sp³-hybridized carbons (Fsp3) is 0.650. The Bertz CT molecular complexity index is 638. The van der Waals surface area contributed by atoms with Gasteiger partial charge in [0.25, 0.3) is 0 Å². The number of carbonyl (C=O) groups is 1. The van der Waals surface area contributed by atoms with Gasteiger partial charge in [0.15, 0.2) is 5.78 Å². The number of aliphatic hydroxyl groups excluding tert-OH is 3. The molecule has 4 atom stereocenters. The van der Waals surface area contributed by atoms with E-state index in [-0.39, 0.29) is 17.8 Å². The highest BCUT2D eigenvalue weighted by molar-refractivity contribution is 6.04. The molecule has 0 aromatic rings. The van der Waals surface area contributed by atoms with Crippen molar-refractivity contribution in [3.63, 3.8) is 0 Å². The number of carbonyl (C=O) groups excluding carboxylic acids is 1. The first-order valence-electron chi connectivity index (χ1n) is 8.88. The van der Waals surface area contributed by atoms with Crippen LogP contribution in [0, 0.1) is 17.3 Å². The molecule has 0 aromatic heterocycles. The van der Waals surface area contributed by atoms with Crippen LogP contribution in [0.2, 0.25) is 0 Å². The minimum atomic E-state index is -0.762. The normalized spacial score (nSPS) is 40.5. The Morgan fingerprint density at radius 1 is 1.29 bits per heavy atom. The predicted molar refractivity (Wildman–Crippen MR) is 92.2 cm³/mol. The van der Waals surface area contributed by atoms with Crippen LogP contribution in [0.25, 0.3) is 0 Å². The topological polar surface area (TPSA) is 77.8 Å². The zero-order valence-corrected chi connectivity index (χ0v) is 14.7. The van der Waals surface area contributed by atoms with Crippen LogP contribution in [-0.2, 0) is 4.79 Å². The van der Waals surface area contributed by atoms with E-state index in [2.05, 4.69) is 13.8 Å². The SMILES string of the molecule is C/C1=C\[C@@H](O)C/C(CO)=C/C[C@@H]2CCC3=C(C(=O)[C@@H]1[C@H]3O)C2(C)C. The second-order valence-corrected chi connectivity index (χ2v) is 8.08. The van der Waals surface area contributed by atoms with Gasteiger partial charge < -0.3 is 15.3 Å². The fourth-order valence-corrected chi connectivity index (χ4v) is 4.83. The molecule has 0 amide bonds. The van der Waals surface area contributed by atoms with Crippen molar-refractivity contribution in [2.24, 2.45) is 17.3 Å². The van der Waals surface area contributed by atoms with E-state index < -0.39 is 18.1 Å². The summed E-state index contributed by atoms with van der Waals surface area (Å²) in [5, 5.41) is 30.6. The van der Waals surface area contributed by atoms with Crippen molar-refractivity contribution < 1.29 is 20.1 Å². The van der Waals surface area contributed by atoms with Gasteiger partial charge in [-0.15, -0.1) is 0 Å². The van der Waals surface area contributed by atoms with Crippen molar-refractivity contribution in [3.8, 4) is 0 Å². The molecule has 3 N–H and O–H groups in total. The van der Waals surface area contributed by atoms with E-state index in [0.717, 1.165) is 41.6 Å². The van der Waals surface area contributed by atoms with Crippen LogP contribution in [-0.4, -0.2) is 39.9 Å². The number of rotatable bonds is 1. The van der Waals surface area contributed by atoms with Crippen LogP contribution in [0.5, 0.6) is 0 Å². The van der Waals surface area contributed by atoms with Crippen molar-refractivity contribution in [2.75, 3.05) is 6.61 Å². The summed E-state index contributed by atoms with van der Waals surface area (Å²) in [5.41, 5.74) is 2.98. The largest absolute Gasteiger partial charge is 0.392 e. The average molecular weight is 332 g/mol. The van der Waals surface area contributed by atoms with Crippen LogP contribution >= 0.6 is 0 Å². The summed E-state index contributed by atoms with van der Waals surface area (Å²) < 4.78 is 0. The molecule has 3 bridgehead atoms. The minimum absolute atomic E-state index is 0.0279. The summed E-state index contributed by atoms with van der Waals surface area (Å²) in [5.74, 6) is -0.239. The van der Waals surface area contributed by atoms with Gasteiger partial charge in [0, 0.05) is 12.0 Å². The lowest BCUT2D eigenvalue weighted by atomic mass is 9.64. The highest BCUT2D eigenvalue weighted by Gasteiger charge is 2.51. The maximum Gasteiger partial charge on any atom is 0.169 e. The number of aliphatic hydroxyl groups is 3. The van der Waals surface area contributed by atoms with Gasteiger partial charge in [-0.25, -0.2) is 0 Å². The third kappa shape index (κ3) is 2.71. The smallest absolute Gasteiger partial charge is 0.169 e. The molecule has 3 aliphatic rings. The average Bonchev–Trinajstić information content (AvgIpc) is 2.76. The molecular weight excluding hydrogens is 304 g/mol. The molecular formula is C20H28O4.